The number of alkyl halides is 3. The first-order chi connectivity index (χ1) is 15.8. The van der Waals surface area contributed by atoms with Crippen molar-refractivity contribution in [1.29, 1.82) is 0 Å². The highest BCUT2D eigenvalue weighted by molar-refractivity contribution is 7.99. The molecule has 1 unspecified atom stereocenters. The summed E-state index contributed by atoms with van der Waals surface area (Å²) in [5, 5.41) is 12.7. The Bertz CT molecular complexity index is 1040. The molecule has 0 saturated heterocycles. The van der Waals surface area contributed by atoms with Gasteiger partial charge in [-0.25, -0.2) is 9.79 Å². The highest BCUT2D eigenvalue weighted by Crippen LogP contribution is 2.35. The quantitative estimate of drug-likeness (QED) is 0.297. The molecule has 11 nitrogen and oxygen atoms in total. The molecule has 0 aliphatic carbocycles. The second-order valence-corrected chi connectivity index (χ2v) is 7.62. The summed E-state index contributed by atoms with van der Waals surface area (Å²) >= 11 is 0.993. The molecule has 1 amide bonds. The van der Waals surface area contributed by atoms with Crippen LogP contribution in [0.5, 0.6) is 5.75 Å². The predicted molar refractivity (Wildman–Crippen MR) is 114 cm³/mol. The Hall–Kier alpha value is -3.33. The fraction of sp³-hybridized carbons (Fsp3) is 0.421. The fourth-order valence-corrected chi connectivity index (χ4v) is 3.36. The molecule has 1 atom stereocenters. The standard InChI is InChI=1S/C19H21F3N4O7S/c1-6-32-17(28)13-14(26(29)30)16(25(31-4)18(23-13)34-5)33-12-8-10(15(27)24(2)3)7-11(9-12)19(20,21)22/h7-9,18H,6H2,1-5H3. The van der Waals surface area contributed by atoms with Crippen molar-refractivity contribution in [2.24, 2.45) is 4.99 Å². The van der Waals surface area contributed by atoms with Crippen molar-refractivity contribution in [3.63, 3.8) is 0 Å². The van der Waals surface area contributed by atoms with Gasteiger partial charge in [-0.3, -0.25) is 19.7 Å². The van der Waals surface area contributed by atoms with Gasteiger partial charge < -0.3 is 14.4 Å². The van der Waals surface area contributed by atoms with Crippen molar-refractivity contribution >= 4 is 29.4 Å². The lowest BCUT2D eigenvalue weighted by Gasteiger charge is -2.31. The van der Waals surface area contributed by atoms with E-state index >= 15 is 0 Å². The number of hydrogen-bond acceptors (Lipinski definition) is 10. The fourth-order valence-electron chi connectivity index (χ4n) is 2.77. The zero-order valence-corrected chi connectivity index (χ0v) is 19.5. The summed E-state index contributed by atoms with van der Waals surface area (Å²) in [6.07, 6.45) is -3.30. The molecule has 1 aliphatic rings. The lowest BCUT2D eigenvalue weighted by atomic mass is 10.1. The number of aliphatic imine (C=N–C) groups is 1. The summed E-state index contributed by atoms with van der Waals surface area (Å²) in [5.41, 5.74) is -4.36. The van der Waals surface area contributed by atoms with E-state index in [1.807, 2.05) is 0 Å². The summed E-state index contributed by atoms with van der Waals surface area (Å²) in [6, 6.07) is 2.18. The van der Waals surface area contributed by atoms with Crippen LogP contribution in [0.2, 0.25) is 0 Å². The minimum Gasteiger partial charge on any atom is -0.461 e. The Labute approximate surface area is 196 Å². The average molecular weight is 506 g/mol. The van der Waals surface area contributed by atoms with Gasteiger partial charge in [0.1, 0.15) is 5.75 Å². The van der Waals surface area contributed by atoms with Crippen LogP contribution in [0.15, 0.2) is 34.8 Å². The molecule has 1 heterocycles. The van der Waals surface area contributed by atoms with E-state index in [0.29, 0.717) is 12.1 Å². The van der Waals surface area contributed by atoms with Crippen molar-refractivity contribution in [1.82, 2.24) is 9.96 Å². The van der Waals surface area contributed by atoms with Gasteiger partial charge in [-0.05, 0) is 31.4 Å². The highest BCUT2D eigenvalue weighted by Gasteiger charge is 2.44. The maximum Gasteiger partial charge on any atom is 0.416 e. The minimum absolute atomic E-state index is 0.111. The molecule has 0 bridgehead atoms. The van der Waals surface area contributed by atoms with Crippen LogP contribution in [-0.4, -0.2) is 72.0 Å². The highest BCUT2D eigenvalue weighted by atomic mass is 32.2. The van der Waals surface area contributed by atoms with Crippen LogP contribution in [0.25, 0.3) is 0 Å². The second-order valence-electron chi connectivity index (χ2n) is 6.72. The number of hydrogen-bond donors (Lipinski definition) is 0. The number of rotatable bonds is 8. The molecule has 1 aromatic carbocycles. The number of thioether (sulfide) groups is 1. The monoisotopic (exact) mass is 506 g/mol. The summed E-state index contributed by atoms with van der Waals surface area (Å²) < 4.78 is 50.8. The van der Waals surface area contributed by atoms with Crippen LogP contribution >= 0.6 is 11.8 Å². The number of carbonyl (C=O) groups is 2. The van der Waals surface area contributed by atoms with Gasteiger partial charge in [0.2, 0.25) is 5.71 Å². The van der Waals surface area contributed by atoms with Crippen molar-refractivity contribution in [3.8, 4) is 5.75 Å². The largest absolute Gasteiger partial charge is 0.461 e. The second kappa shape index (κ2) is 10.7. The molecule has 0 fully saturated rings. The van der Waals surface area contributed by atoms with Gasteiger partial charge in [0.05, 0.1) is 24.2 Å². The molecule has 0 radical (unpaired) electrons. The van der Waals surface area contributed by atoms with Crippen LogP contribution < -0.4 is 4.74 Å². The van der Waals surface area contributed by atoms with Gasteiger partial charge in [0.25, 0.3) is 5.91 Å². The number of amides is 1. The van der Waals surface area contributed by atoms with Crippen molar-refractivity contribution in [3.05, 3.63) is 51.0 Å². The maximum atomic E-state index is 13.5. The number of nitro groups is 1. The van der Waals surface area contributed by atoms with Gasteiger partial charge in [0.15, 0.2) is 5.50 Å². The Balaban J connectivity index is 2.74. The third-order valence-corrected chi connectivity index (χ3v) is 4.95. The van der Waals surface area contributed by atoms with Gasteiger partial charge >= 0.3 is 23.7 Å². The molecule has 15 heteroatoms. The van der Waals surface area contributed by atoms with E-state index in [9.17, 15) is 32.9 Å². The summed E-state index contributed by atoms with van der Waals surface area (Å²) in [4.78, 5) is 45.7. The van der Waals surface area contributed by atoms with E-state index in [2.05, 4.69) is 4.99 Å². The number of esters is 1. The van der Waals surface area contributed by atoms with Gasteiger partial charge in [-0.2, -0.15) is 18.2 Å². The molecule has 34 heavy (non-hydrogen) atoms. The van der Waals surface area contributed by atoms with Crippen LogP contribution in [0, 0.1) is 10.1 Å². The zero-order valence-electron chi connectivity index (χ0n) is 18.7. The van der Waals surface area contributed by atoms with Crippen molar-refractivity contribution < 1.29 is 42.0 Å². The number of carbonyl (C=O) groups excluding carboxylic acids is 2. The first-order valence-corrected chi connectivity index (χ1v) is 10.8. The number of hydroxylamine groups is 2. The SMILES string of the molecule is CCOC(=O)C1=NC(SC)N(OC)C(Oc2cc(C(=O)N(C)C)cc(C(F)(F)F)c2)=C1[N+](=O)[O-]. The Kier molecular flexibility index (Phi) is 8.50. The molecule has 1 aliphatic heterocycles. The summed E-state index contributed by atoms with van der Waals surface area (Å²) in [6.45, 7) is 1.37. The van der Waals surface area contributed by atoms with Gasteiger partial charge in [0, 0.05) is 19.7 Å². The molecular weight excluding hydrogens is 485 g/mol. The van der Waals surface area contributed by atoms with Crippen LogP contribution in [0.1, 0.15) is 22.8 Å². The average Bonchev–Trinajstić information content (AvgIpc) is 2.76. The lowest BCUT2D eigenvalue weighted by Crippen LogP contribution is -2.42. The van der Waals surface area contributed by atoms with Crippen molar-refractivity contribution in [2.75, 3.05) is 34.1 Å². The smallest absolute Gasteiger partial charge is 0.416 e. The van der Waals surface area contributed by atoms with Crippen LogP contribution in [-0.2, 0) is 20.5 Å². The minimum atomic E-state index is -4.85. The van der Waals surface area contributed by atoms with E-state index in [1.165, 1.54) is 21.0 Å². The van der Waals surface area contributed by atoms with Crippen molar-refractivity contribution in [2.45, 2.75) is 18.6 Å². The predicted octanol–water partition coefficient (Wildman–Crippen LogP) is 2.76. The molecule has 0 aromatic heterocycles. The van der Waals surface area contributed by atoms with E-state index in [0.717, 1.165) is 34.9 Å². The topological polar surface area (TPSA) is 124 Å². The van der Waals surface area contributed by atoms with E-state index in [4.69, 9.17) is 14.3 Å². The normalized spacial score (nSPS) is 16.2. The Morgan fingerprint density at radius 2 is 1.94 bits per heavy atom. The van der Waals surface area contributed by atoms with Crippen LogP contribution in [0.3, 0.4) is 0 Å². The number of benzene rings is 1. The molecule has 0 saturated carbocycles. The third kappa shape index (κ3) is 5.77. The maximum absolute atomic E-state index is 13.5. The van der Waals surface area contributed by atoms with Gasteiger partial charge in [-0.1, -0.05) is 0 Å². The molecular formula is C19H21F3N4O7S. The number of halogens is 3. The Morgan fingerprint density at radius 3 is 2.41 bits per heavy atom. The summed E-state index contributed by atoms with van der Waals surface area (Å²) in [7, 11) is 3.81. The molecule has 1 aromatic rings. The van der Waals surface area contributed by atoms with E-state index < -0.39 is 57.1 Å². The first-order valence-electron chi connectivity index (χ1n) is 9.47. The van der Waals surface area contributed by atoms with Gasteiger partial charge in [-0.15, -0.1) is 11.8 Å². The molecule has 2 rings (SSSR count). The third-order valence-electron chi connectivity index (χ3n) is 4.23. The molecule has 186 valence electrons. The van der Waals surface area contributed by atoms with Crippen LogP contribution in [0.4, 0.5) is 13.2 Å². The van der Waals surface area contributed by atoms with E-state index in [1.54, 1.807) is 6.26 Å². The lowest BCUT2D eigenvalue weighted by molar-refractivity contribution is -0.421. The zero-order chi connectivity index (χ0) is 25.8. The Morgan fingerprint density at radius 1 is 1.29 bits per heavy atom. The summed E-state index contributed by atoms with van der Waals surface area (Å²) in [5.74, 6) is -3.16. The molecule has 0 spiro atoms. The number of ether oxygens (including phenoxy) is 2. The van der Waals surface area contributed by atoms with E-state index in [-0.39, 0.29) is 12.2 Å². The first kappa shape index (κ1) is 26.9. The molecule has 0 N–H and O–H groups in total. The number of nitrogens with zero attached hydrogens (tertiary/aromatic N) is 4.